The topological polar surface area (TPSA) is 106 Å². The van der Waals surface area contributed by atoms with Crippen LogP contribution < -0.4 is 4.90 Å². The molecule has 0 aliphatic carbocycles. The van der Waals surface area contributed by atoms with Gasteiger partial charge in [-0.05, 0) is 49.4 Å². The first-order valence-electron chi connectivity index (χ1n) is 11.2. The molecule has 2 aliphatic rings. The Labute approximate surface area is 196 Å². The summed E-state index contributed by atoms with van der Waals surface area (Å²) in [5.74, 6) is -2.37. The molecule has 0 saturated carbocycles. The van der Waals surface area contributed by atoms with Gasteiger partial charge in [0.05, 0.1) is 25.5 Å². The molecule has 0 spiro atoms. The fourth-order valence-electron chi connectivity index (χ4n) is 4.02. The van der Waals surface area contributed by atoms with Crippen molar-refractivity contribution in [1.82, 2.24) is 9.97 Å². The summed E-state index contributed by atoms with van der Waals surface area (Å²) in [5, 5.41) is 0.836. The van der Waals surface area contributed by atoms with Gasteiger partial charge in [0.15, 0.2) is 11.7 Å². The Morgan fingerprint density at radius 2 is 2.06 bits per heavy atom. The number of H-pyrrole nitrogens is 1. The van der Waals surface area contributed by atoms with Crippen LogP contribution in [0.5, 0.6) is 0 Å². The van der Waals surface area contributed by atoms with Crippen LogP contribution in [-0.2, 0) is 23.8 Å². The second-order valence-electron chi connectivity index (χ2n) is 7.87. The van der Waals surface area contributed by atoms with Crippen LogP contribution in [0.3, 0.4) is 0 Å². The number of esters is 1. The van der Waals surface area contributed by atoms with E-state index in [1.165, 1.54) is 0 Å². The first-order chi connectivity index (χ1) is 16.6. The fourth-order valence-corrected chi connectivity index (χ4v) is 4.02. The van der Waals surface area contributed by atoms with Crippen LogP contribution in [0.4, 0.5) is 11.4 Å². The molecule has 4 heterocycles. The van der Waals surface area contributed by atoms with Crippen LogP contribution in [0.25, 0.3) is 17.1 Å². The van der Waals surface area contributed by atoms with Crippen LogP contribution in [0.1, 0.15) is 12.5 Å². The second kappa shape index (κ2) is 9.48. The summed E-state index contributed by atoms with van der Waals surface area (Å²) >= 11 is 0. The number of nitrogens with one attached hydrogen (secondary N) is 1. The minimum absolute atomic E-state index is 0.00629. The third kappa shape index (κ3) is 4.29. The number of pyridine rings is 1. The van der Waals surface area contributed by atoms with Crippen molar-refractivity contribution in [1.29, 1.82) is 0 Å². The number of carbonyl (C=O) groups is 2. The van der Waals surface area contributed by atoms with Gasteiger partial charge in [-0.15, -0.1) is 0 Å². The van der Waals surface area contributed by atoms with Gasteiger partial charge in [-0.25, -0.2) is 9.98 Å². The summed E-state index contributed by atoms with van der Waals surface area (Å²) in [7, 11) is 0. The zero-order chi connectivity index (χ0) is 23.5. The van der Waals surface area contributed by atoms with Crippen molar-refractivity contribution in [3.63, 3.8) is 0 Å². The fraction of sp³-hybridized carbons (Fsp3) is 0.280. The molecule has 1 unspecified atom stereocenters. The highest BCUT2D eigenvalue weighted by Crippen LogP contribution is 2.30. The molecular weight excluding hydrogens is 436 g/mol. The SMILES string of the molecule is CCOC(=O)C1C(=O)/C(=C/c2c[nH]c3ncccc23)OC1=Nc1ccc(N2CCOCC2)cc1. The van der Waals surface area contributed by atoms with Crippen LogP contribution >= 0.6 is 0 Å². The van der Waals surface area contributed by atoms with Gasteiger partial charge in [0.2, 0.25) is 11.7 Å². The lowest BCUT2D eigenvalue weighted by molar-refractivity contribution is -0.147. The number of allylic oxidation sites excluding steroid dienone is 1. The summed E-state index contributed by atoms with van der Waals surface area (Å²) in [6, 6.07) is 11.3. The minimum Gasteiger partial charge on any atom is -0.465 e. The number of hydrogen-bond acceptors (Lipinski definition) is 8. The Morgan fingerprint density at radius 3 is 2.82 bits per heavy atom. The molecule has 2 saturated heterocycles. The molecule has 34 heavy (non-hydrogen) atoms. The number of carbonyl (C=O) groups excluding carboxylic acids is 2. The minimum atomic E-state index is -1.24. The molecule has 2 aliphatic heterocycles. The van der Waals surface area contributed by atoms with E-state index in [2.05, 4.69) is 19.9 Å². The number of aromatic amines is 1. The summed E-state index contributed by atoms with van der Waals surface area (Å²) in [5.41, 5.74) is 3.05. The van der Waals surface area contributed by atoms with E-state index in [1.54, 1.807) is 25.4 Å². The Balaban J connectivity index is 1.45. The molecule has 0 amide bonds. The molecule has 174 valence electrons. The van der Waals surface area contributed by atoms with Gasteiger partial charge in [0.25, 0.3) is 0 Å². The Hall–Kier alpha value is -3.98. The van der Waals surface area contributed by atoms with Crippen LogP contribution in [0.2, 0.25) is 0 Å². The number of aromatic nitrogens is 2. The normalized spacial score (nSPS) is 20.8. The van der Waals surface area contributed by atoms with Crippen molar-refractivity contribution in [3.05, 3.63) is 60.1 Å². The maximum atomic E-state index is 13.1. The van der Waals surface area contributed by atoms with E-state index < -0.39 is 17.7 Å². The van der Waals surface area contributed by atoms with Crippen molar-refractivity contribution in [2.24, 2.45) is 10.9 Å². The molecule has 5 rings (SSSR count). The number of aliphatic imine (C=N–C) groups is 1. The predicted molar refractivity (Wildman–Crippen MR) is 127 cm³/mol. The van der Waals surface area contributed by atoms with E-state index in [9.17, 15) is 9.59 Å². The molecule has 2 aromatic heterocycles. The number of fused-ring (bicyclic) bond motifs is 1. The van der Waals surface area contributed by atoms with Gasteiger partial charge in [-0.2, -0.15) is 0 Å². The number of morpholine rings is 1. The molecule has 1 atom stereocenters. The van der Waals surface area contributed by atoms with Gasteiger partial charge in [-0.3, -0.25) is 9.59 Å². The van der Waals surface area contributed by atoms with Crippen LogP contribution in [0, 0.1) is 5.92 Å². The maximum absolute atomic E-state index is 13.1. The van der Waals surface area contributed by atoms with Crippen molar-refractivity contribution in [2.45, 2.75) is 6.92 Å². The van der Waals surface area contributed by atoms with Crippen molar-refractivity contribution in [3.8, 4) is 0 Å². The summed E-state index contributed by atoms with van der Waals surface area (Å²) in [6.07, 6.45) is 5.01. The molecule has 9 nitrogen and oxygen atoms in total. The number of nitrogens with zero attached hydrogens (tertiary/aromatic N) is 3. The smallest absolute Gasteiger partial charge is 0.326 e. The van der Waals surface area contributed by atoms with Gasteiger partial charge in [0.1, 0.15) is 5.65 Å². The van der Waals surface area contributed by atoms with E-state index in [-0.39, 0.29) is 18.3 Å². The first kappa shape index (κ1) is 21.8. The van der Waals surface area contributed by atoms with Gasteiger partial charge >= 0.3 is 5.97 Å². The van der Waals surface area contributed by atoms with Crippen molar-refractivity contribution >= 4 is 46.1 Å². The van der Waals surface area contributed by atoms with Gasteiger partial charge < -0.3 is 24.1 Å². The first-order valence-corrected chi connectivity index (χ1v) is 11.2. The highest BCUT2D eigenvalue weighted by atomic mass is 16.5. The van der Waals surface area contributed by atoms with Crippen LogP contribution in [0.15, 0.2) is 59.5 Å². The van der Waals surface area contributed by atoms with E-state index in [0.717, 1.165) is 29.7 Å². The lowest BCUT2D eigenvalue weighted by Gasteiger charge is -2.28. The average molecular weight is 460 g/mol. The number of hydrogen-bond donors (Lipinski definition) is 1. The zero-order valence-corrected chi connectivity index (χ0v) is 18.7. The van der Waals surface area contributed by atoms with E-state index in [4.69, 9.17) is 14.2 Å². The summed E-state index contributed by atoms with van der Waals surface area (Å²) < 4.78 is 16.4. The summed E-state index contributed by atoms with van der Waals surface area (Å²) in [6.45, 7) is 4.89. The highest BCUT2D eigenvalue weighted by Gasteiger charge is 2.44. The Bertz CT molecular complexity index is 1270. The lowest BCUT2D eigenvalue weighted by Crippen LogP contribution is -2.36. The Kier molecular flexibility index (Phi) is 6.09. The number of anilines is 1. The average Bonchev–Trinajstić information content (AvgIpc) is 3.41. The number of ether oxygens (including phenoxy) is 3. The molecule has 0 bridgehead atoms. The zero-order valence-electron chi connectivity index (χ0n) is 18.7. The van der Waals surface area contributed by atoms with E-state index in [0.29, 0.717) is 24.5 Å². The van der Waals surface area contributed by atoms with E-state index in [1.807, 2.05) is 36.4 Å². The molecule has 1 aromatic carbocycles. The van der Waals surface area contributed by atoms with Gasteiger partial charge in [0, 0.05) is 42.1 Å². The van der Waals surface area contributed by atoms with Crippen molar-refractivity contribution < 1.29 is 23.8 Å². The van der Waals surface area contributed by atoms with Crippen molar-refractivity contribution in [2.75, 3.05) is 37.8 Å². The monoisotopic (exact) mass is 460 g/mol. The maximum Gasteiger partial charge on any atom is 0.326 e. The van der Waals surface area contributed by atoms with E-state index >= 15 is 0 Å². The third-order valence-electron chi connectivity index (χ3n) is 5.72. The number of Topliss-reactive ketones (excluding diaryl/α,β-unsaturated/α-hetero) is 1. The van der Waals surface area contributed by atoms with Gasteiger partial charge in [-0.1, -0.05) is 0 Å². The number of rotatable bonds is 5. The largest absolute Gasteiger partial charge is 0.465 e. The molecule has 0 radical (unpaired) electrons. The summed E-state index contributed by atoms with van der Waals surface area (Å²) in [4.78, 5) is 39.8. The molecule has 1 N–H and O–H groups in total. The second-order valence-corrected chi connectivity index (χ2v) is 7.87. The quantitative estimate of drug-likeness (QED) is 0.354. The predicted octanol–water partition coefficient (Wildman–Crippen LogP) is 3.25. The molecule has 9 heteroatoms. The standard InChI is InChI=1S/C25H24N4O5/c1-2-33-25(31)21-22(30)20(14-16-15-27-23-19(16)4-3-9-26-23)34-24(21)28-17-5-7-18(8-6-17)29-10-12-32-13-11-29/h3-9,14-15,21H,2,10-13H2,1H3,(H,26,27)/b20-14-,28-24?. The Morgan fingerprint density at radius 1 is 1.26 bits per heavy atom. The molecule has 2 fully saturated rings. The lowest BCUT2D eigenvalue weighted by atomic mass is 10.0. The molecule has 3 aromatic rings. The third-order valence-corrected chi connectivity index (χ3v) is 5.72. The number of ketones is 1. The molecular formula is C25H24N4O5. The number of benzene rings is 1. The highest BCUT2D eigenvalue weighted by molar-refractivity contribution is 6.27. The van der Waals surface area contributed by atoms with Crippen LogP contribution in [-0.4, -0.2) is 60.5 Å².